The SMILES string of the molecule is O=C(O)CC1(NC(=O)Cc2ccccc2F)CCCCC1. The predicted molar refractivity (Wildman–Crippen MR) is 76.3 cm³/mol. The second-order valence-corrected chi connectivity index (χ2v) is 5.73. The maximum atomic E-state index is 13.6. The van der Waals surface area contributed by atoms with Crippen molar-refractivity contribution in [2.24, 2.45) is 0 Å². The number of nitrogens with one attached hydrogen (secondary N) is 1. The van der Waals surface area contributed by atoms with Crippen LogP contribution in [0.15, 0.2) is 24.3 Å². The number of carbonyl (C=O) groups excluding carboxylic acids is 1. The number of aliphatic carboxylic acids is 1. The minimum atomic E-state index is -0.914. The van der Waals surface area contributed by atoms with E-state index in [0.717, 1.165) is 19.3 Å². The van der Waals surface area contributed by atoms with Crippen molar-refractivity contribution in [3.8, 4) is 0 Å². The molecule has 0 saturated heterocycles. The fourth-order valence-corrected chi connectivity index (χ4v) is 3.02. The highest BCUT2D eigenvalue weighted by atomic mass is 19.1. The summed E-state index contributed by atoms with van der Waals surface area (Å²) in [6.45, 7) is 0. The van der Waals surface area contributed by atoms with Gasteiger partial charge in [-0.1, -0.05) is 37.5 Å². The van der Waals surface area contributed by atoms with E-state index in [-0.39, 0.29) is 18.7 Å². The van der Waals surface area contributed by atoms with Crippen molar-refractivity contribution in [2.45, 2.75) is 50.5 Å². The zero-order chi connectivity index (χ0) is 15.3. The molecule has 2 rings (SSSR count). The molecule has 0 heterocycles. The molecule has 5 heteroatoms. The van der Waals surface area contributed by atoms with E-state index >= 15 is 0 Å². The van der Waals surface area contributed by atoms with Gasteiger partial charge in [0.1, 0.15) is 5.82 Å². The van der Waals surface area contributed by atoms with Gasteiger partial charge < -0.3 is 10.4 Å². The van der Waals surface area contributed by atoms with Crippen LogP contribution in [0.4, 0.5) is 4.39 Å². The Bertz CT molecular complexity index is 524. The maximum absolute atomic E-state index is 13.6. The summed E-state index contributed by atoms with van der Waals surface area (Å²) in [4.78, 5) is 23.2. The molecule has 1 aromatic rings. The zero-order valence-electron chi connectivity index (χ0n) is 11.9. The van der Waals surface area contributed by atoms with E-state index < -0.39 is 17.3 Å². The Morgan fingerprint density at radius 3 is 2.48 bits per heavy atom. The normalized spacial score (nSPS) is 17.2. The van der Waals surface area contributed by atoms with Crippen LogP contribution in [0, 0.1) is 5.82 Å². The fraction of sp³-hybridized carbons (Fsp3) is 0.500. The summed E-state index contributed by atoms with van der Waals surface area (Å²) in [6.07, 6.45) is 4.08. The number of hydrogen-bond acceptors (Lipinski definition) is 2. The number of halogens is 1. The van der Waals surface area contributed by atoms with Crippen molar-refractivity contribution in [3.05, 3.63) is 35.6 Å². The Morgan fingerprint density at radius 2 is 1.86 bits per heavy atom. The van der Waals surface area contributed by atoms with E-state index in [1.54, 1.807) is 18.2 Å². The van der Waals surface area contributed by atoms with Crippen LogP contribution in [0.1, 0.15) is 44.1 Å². The standard InChI is InChI=1S/C16H20FNO3/c17-13-7-3-2-6-12(13)10-14(19)18-16(11-15(20)21)8-4-1-5-9-16/h2-3,6-7H,1,4-5,8-11H2,(H,18,19)(H,20,21). The van der Waals surface area contributed by atoms with E-state index in [1.807, 2.05) is 0 Å². The van der Waals surface area contributed by atoms with E-state index in [4.69, 9.17) is 5.11 Å². The van der Waals surface area contributed by atoms with Gasteiger partial charge in [0.25, 0.3) is 0 Å². The highest BCUT2D eigenvalue weighted by Gasteiger charge is 2.35. The van der Waals surface area contributed by atoms with Gasteiger partial charge in [0, 0.05) is 0 Å². The minimum absolute atomic E-state index is 0.0615. The molecular weight excluding hydrogens is 273 g/mol. The smallest absolute Gasteiger partial charge is 0.305 e. The molecule has 0 aliphatic heterocycles. The molecule has 1 saturated carbocycles. The van der Waals surface area contributed by atoms with E-state index in [9.17, 15) is 14.0 Å². The van der Waals surface area contributed by atoms with Crippen molar-refractivity contribution in [1.82, 2.24) is 5.32 Å². The highest BCUT2D eigenvalue weighted by molar-refractivity contribution is 5.80. The van der Waals surface area contributed by atoms with Crippen molar-refractivity contribution < 1.29 is 19.1 Å². The Hall–Kier alpha value is -1.91. The lowest BCUT2D eigenvalue weighted by molar-refractivity contribution is -0.139. The van der Waals surface area contributed by atoms with Gasteiger partial charge >= 0.3 is 5.97 Å². The first-order valence-corrected chi connectivity index (χ1v) is 7.27. The van der Waals surface area contributed by atoms with Gasteiger partial charge in [0.05, 0.1) is 18.4 Å². The van der Waals surface area contributed by atoms with Gasteiger partial charge in [-0.05, 0) is 24.5 Å². The molecule has 1 aliphatic carbocycles. The summed E-state index contributed by atoms with van der Waals surface area (Å²) < 4.78 is 13.6. The second-order valence-electron chi connectivity index (χ2n) is 5.73. The van der Waals surface area contributed by atoms with Crippen molar-refractivity contribution in [2.75, 3.05) is 0 Å². The zero-order valence-corrected chi connectivity index (χ0v) is 11.9. The number of carbonyl (C=O) groups is 2. The fourth-order valence-electron chi connectivity index (χ4n) is 3.02. The number of hydrogen-bond donors (Lipinski definition) is 2. The van der Waals surface area contributed by atoms with Gasteiger partial charge in [0.2, 0.25) is 5.91 Å². The first kappa shape index (κ1) is 15.5. The van der Waals surface area contributed by atoms with Crippen LogP contribution in [-0.4, -0.2) is 22.5 Å². The molecular formula is C16H20FNO3. The van der Waals surface area contributed by atoms with Gasteiger partial charge in [-0.15, -0.1) is 0 Å². The van der Waals surface area contributed by atoms with Gasteiger partial charge in [0.15, 0.2) is 0 Å². The second kappa shape index (κ2) is 6.70. The van der Waals surface area contributed by atoms with E-state index in [1.165, 1.54) is 6.07 Å². The lowest BCUT2D eigenvalue weighted by Gasteiger charge is -2.37. The first-order valence-electron chi connectivity index (χ1n) is 7.27. The average molecular weight is 293 g/mol. The average Bonchev–Trinajstić information content (AvgIpc) is 2.41. The van der Waals surface area contributed by atoms with Gasteiger partial charge in [-0.3, -0.25) is 9.59 Å². The number of benzene rings is 1. The Kier molecular flexibility index (Phi) is 4.94. The maximum Gasteiger partial charge on any atom is 0.305 e. The molecule has 1 fully saturated rings. The third-order valence-corrected chi connectivity index (χ3v) is 4.01. The molecule has 1 aromatic carbocycles. The van der Waals surface area contributed by atoms with Crippen molar-refractivity contribution in [3.63, 3.8) is 0 Å². The molecule has 0 aromatic heterocycles. The van der Waals surface area contributed by atoms with Crippen LogP contribution in [0.5, 0.6) is 0 Å². The molecule has 4 nitrogen and oxygen atoms in total. The Labute approximate surface area is 123 Å². The molecule has 0 spiro atoms. The van der Waals surface area contributed by atoms with Gasteiger partial charge in [-0.25, -0.2) is 4.39 Å². The molecule has 2 N–H and O–H groups in total. The molecule has 1 amide bonds. The summed E-state index contributed by atoms with van der Waals surface area (Å²) in [7, 11) is 0. The van der Waals surface area contributed by atoms with Crippen LogP contribution >= 0.6 is 0 Å². The van der Waals surface area contributed by atoms with Gasteiger partial charge in [-0.2, -0.15) is 0 Å². The predicted octanol–water partition coefficient (Wildman–Crippen LogP) is 2.66. The third kappa shape index (κ3) is 4.28. The molecule has 114 valence electrons. The summed E-state index contributed by atoms with van der Waals surface area (Å²) in [5.74, 6) is -1.64. The number of amides is 1. The summed E-state index contributed by atoms with van der Waals surface area (Å²) >= 11 is 0. The van der Waals surface area contributed by atoms with E-state index in [0.29, 0.717) is 18.4 Å². The lowest BCUT2D eigenvalue weighted by Crippen LogP contribution is -2.51. The van der Waals surface area contributed by atoms with Crippen LogP contribution < -0.4 is 5.32 Å². The van der Waals surface area contributed by atoms with Crippen molar-refractivity contribution in [1.29, 1.82) is 0 Å². The first-order chi connectivity index (χ1) is 10.0. The highest BCUT2D eigenvalue weighted by Crippen LogP contribution is 2.31. The van der Waals surface area contributed by atoms with Crippen LogP contribution in [-0.2, 0) is 16.0 Å². The summed E-state index contributed by atoms with van der Waals surface area (Å²) in [6, 6.07) is 6.14. The monoisotopic (exact) mass is 293 g/mol. The summed E-state index contributed by atoms with van der Waals surface area (Å²) in [5, 5.41) is 11.9. The topological polar surface area (TPSA) is 66.4 Å². The van der Waals surface area contributed by atoms with Crippen molar-refractivity contribution >= 4 is 11.9 Å². The number of carboxylic acid groups (broad SMARTS) is 1. The third-order valence-electron chi connectivity index (χ3n) is 4.01. The molecule has 0 atom stereocenters. The molecule has 1 aliphatic rings. The van der Waals surface area contributed by atoms with Crippen LogP contribution in [0.3, 0.4) is 0 Å². The van der Waals surface area contributed by atoms with Crippen LogP contribution in [0.2, 0.25) is 0 Å². The molecule has 0 bridgehead atoms. The number of carboxylic acids is 1. The quantitative estimate of drug-likeness (QED) is 0.877. The molecule has 0 radical (unpaired) electrons. The Balaban J connectivity index is 2.04. The Morgan fingerprint density at radius 1 is 1.19 bits per heavy atom. The molecule has 0 unspecified atom stereocenters. The lowest BCUT2D eigenvalue weighted by atomic mass is 9.79. The summed E-state index contributed by atoms with van der Waals surface area (Å²) in [5.41, 5.74) is -0.344. The number of rotatable bonds is 5. The minimum Gasteiger partial charge on any atom is -0.481 e. The van der Waals surface area contributed by atoms with Crippen LogP contribution in [0.25, 0.3) is 0 Å². The molecule has 21 heavy (non-hydrogen) atoms. The largest absolute Gasteiger partial charge is 0.481 e. The van der Waals surface area contributed by atoms with E-state index in [2.05, 4.69) is 5.32 Å².